The van der Waals surface area contributed by atoms with Crippen molar-refractivity contribution >= 4 is 22.6 Å². The minimum Gasteiger partial charge on any atom is -0.481 e. The van der Waals surface area contributed by atoms with Gasteiger partial charge in [0.15, 0.2) is 0 Å². The molecule has 0 aliphatic carbocycles. The van der Waals surface area contributed by atoms with E-state index in [9.17, 15) is 19.5 Å². The Morgan fingerprint density at radius 2 is 1.69 bits per heavy atom. The summed E-state index contributed by atoms with van der Waals surface area (Å²) in [4.78, 5) is 38.7. The number of aliphatic carboxylic acids is 1. The van der Waals surface area contributed by atoms with Gasteiger partial charge in [0, 0.05) is 31.4 Å². The van der Waals surface area contributed by atoms with Crippen LogP contribution in [0.25, 0.3) is 10.8 Å². The number of amides is 1. The molecule has 1 aliphatic heterocycles. The molecule has 7 nitrogen and oxygen atoms in total. The molecule has 4 rings (SSSR count). The lowest BCUT2D eigenvalue weighted by molar-refractivity contribution is -0.141. The summed E-state index contributed by atoms with van der Waals surface area (Å²) in [6.07, 6.45) is 0.0164. The summed E-state index contributed by atoms with van der Waals surface area (Å²) < 4.78 is 1.24. The number of nitrogens with zero attached hydrogens (tertiary/aromatic N) is 3. The average molecular weight is 391 g/mol. The largest absolute Gasteiger partial charge is 0.481 e. The fraction of sp³-hybridized carbons (Fsp3) is 0.273. The van der Waals surface area contributed by atoms with Gasteiger partial charge in [0.1, 0.15) is 0 Å². The van der Waals surface area contributed by atoms with Gasteiger partial charge in [0.2, 0.25) is 5.91 Å². The van der Waals surface area contributed by atoms with Gasteiger partial charge in [-0.1, -0.05) is 48.5 Å². The summed E-state index contributed by atoms with van der Waals surface area (Å²) in [5.41, 5.74) is 1.22. The first kappa shape index (κ1) is 18.9. The van der Waals surface area contributed by atoms with Crippen LogP contribution in [-0.4, -0.2) is 44.8 Å². The molecule has 2 aromatic carbocycles. The lowest BCUT2D eigenvalue weighted by Crippen LogP contribution is -2.32. The van der Waals surface area contributed by atoms with Crippen LogP contribution in [-0.2, 0) is 23.1 Å². The maximum absolute atomic E-state index is 13.0. The van der Waals surface area contributed by atoms with Crippen molar-refractivity contribution in [2.24, 2.45) is 13.0 Å². The first-order chi connectivity index (χ1) is 14.0. The molecular formula is C22H21N3O4. The van der Waals surface area contributed by atoms with Crippen molar-refractivity contribution in [1.82, 2.24) is 14.7 Å². The number of benzene rings is 2. The maximum Gasteiger partial charge on any atom is 0.308 e. The third kappa shape index (κ3) is 3.51. The Hall–Kier alpha value is -3.48. The van der Waals surface area contributed by atoms with Crippen LogP contribution in [0.5, 0.6) is 0 Å². The number of carboxylic acid groups (broad SMARTS) is 1. The van der Waals surface area contributed by atoms with Gasteiger partial charge in [0.05, 0.1) is 23.4 Å². The number of hydrogen-bond acceptors (Lipinski definition) is 4. The highest BCUT2D eigenvalue weighted by molar-refractivity contribution is 5.89. The summed E-state index contributed by atoms with van der Waals surface area (Å²) in [5.74, 6) is -1.99. The molecule has 1 amide bonds. The molecule has 0 unspecified atom stereocenters. The first-order valence-corrected chi connectivity index (χ1v) is 9.46. The van der Waals surface area contributed by atoms with E-state index in [1.54, 1.807) is 36.2 Å². The topological polar surface area (TPSA) is 92.5 Å². The average Bonchev–Trinajstić information content (AvgIpc) is 3.18. The number of carbonyl (C=O) groups is 2. The molecule has 0 radical (unpaired) electrons. The highest BCUT2D eigenvalue weighted by Gasteiger charge is 2.40. The number of hydrogen-bond donors (Lipinski definition) is 1. The minimum absolute atomic E-state index is 0.0164. The van der Waals surface area contributed by atoms with Crippen molar-refractivity contribution in [1.29, 1.82) is 0 Å². The van der Waals surface area contributed by atoms with Crippen molar-refractivity contribution in [3.05, 3.63) is 76.2 Å². The molecule has 2 atom stereocenters. The van der Waals surface area contributed by atoms with Gasteiger partial charge in [-0.3, -0.25) is 14.4 Å². The fourth-order valence-electron chi connectivity index (χ4n) is 4.06. The molecule has 29 heavy (non-hydrogen) atoms. The lowest BCUT2D eigenvalue weighted by Gasteiger charge is -2.17. The van der Waals surface area contributed by atoms with Crippen molar-refractivity contribution in [3.63, 3.8) is 0 Å². The van der Waals surface area contributed by atoms with Gasteiger partial charge >= 0.3 is 5.97 Å². The molecule has 2 heterocycles. The molecule has 1 fully saturated rings. The number of aryl methyl sites for hydroxylation is 1. The zero-order valence-electron chi connectivity index (χ0n) is 16.0. The Bertz CT molecular complexity index is 1140. The summed E-state index contributed by atoms with van der Waals surface area (Å²) in [6.45, 7) is 0.515. The number of carboxylic acids is 1. The van der Waals surface area contributed by atoms with Crippen molar-refractivity contribution in [2.45, 2.75) is 12.3 Å². The fourth-order valence-corrected chi connectivity index (χ4v) is 4.06. The van der Waals surface area contributed by atoms with E-state index in [-0.39, 0.29) is 30.3 Å². The van der Waals surface area contributed by atoms with Crippen LogP contribution >= 0.6 is 0 Å². The number of likely N-dealkylation sites (tertiary alicyclic amines) is 1. The van der Waals surface area contributed by atoms with Gasteiger partial charge in [-0.05, 0) is 11.6 Å². The zero-order chi connectivity index (χ0) is 20.5. The van der Waals surface area contributed by atoms with E-state index in [0.717, 1.165) is 5.56 Å². The Kier molecular flexibility index (Phi) is 4.88. The quantitative estimate of drug-likeness (QED) is 0.732. The maximum atomic E-state index is 13.0. The van der Waals surface area contributed by atoms with E-state index in [1.165, 1.54) is 4.68 Å². The number of fused-ring (bicyclic) bond motifs is 1. The predicted molar refractivity (Wildman–Crippen MR) is 108 cm³/mol. The summed E-state index contributed by atoms with van der Waals surface area (Å²) in [6, 6.07) is 16.5. The van der Waals surface area contributed by atoms with Gasteiger partial charge in [-0.25, -0.2) is 4.68 Å². The normalized spacial score (nSPS) is 18.9. The molecule has 3 aromatic rings. The van der Waals surface area contributed by atoms with Crippen LogP contribution in [0.2, 0.25) is 0 Å². The van der Waals surface area contributed by atoms with Crippen molar-refractivity contribution in [2.75, 3.05) is 13.1 Å². The second-order valence-corrected chi connectivity index (χ2v) is 7.36. The van der Waals surface area contributed by atoms with E-state index in [0.29, 0.717) is 23.0 Å². The van der Waals surface area contributed by atoms with Crippen LogP contribution in [0, 0.1) is 5.92 Å². The molecule has 1 aliphatic rings. The Labute approximate surface area is 167 Å². The van der Waals surface area contributed by atoms with Gasteiger partial charge < -0.3 is 10.0 Å². The molecule has 0 spiro atoms. The number of carbonyl (C=O) groups excluding carboxylic acids is 1. The van der Waals surface area contributed by atoms with Crippen LogP contribution < -0.4 is 5.56 Å². The highest BCUT2D eigenvalue weighted by atomic mass is 16.4. The first-order valence-electron chi connectivity index (χ1n) is 9.46. The van der Waals surface area contributed by atoms with Crippen LogP contribution in [0.15, 0.2) is 59.4 Å². The second-order valence-electron chi connectivity index (χ2n) is 7.36. The molecule has 0 saturated carbocycles. The second kappa shape index (κ2) is 7.50. The minimum atomic E-state index is -0.903. The van der Waals surface area contributed by atoms with Gasteiger partial charge in [-0.15, -0.1) is 0 Å². The Morgan fingerprint density at radius 1 is 1.03 bits per heavy atom. The number of rotatable bonds is 4. The lowest BCUT2D eigenvalue weighted by atomic mass is 9.89. The summed E-state index contributed by atoms with van der Waals surface area (Å²) >= 11 is 0. The van der Waals surface area contributed by atoms with E-state index >= 15 is 0 Å². The van der Waals surface area contributed by atoms with E-state index in [2.05, 4.69) is 5.10 Å². The Morgan fingerprint density at radius 3 is 2.38 bits per heavy atom. The standard InChI is InChI=1S/C22H21N3O4/c1-24-21(27)16-10-6-5-9-15(16)19(23-24)11-20(26)25-12-17(18(13-25)22(28)29)14-7-3-2-4-8-14/h2-10,17-18H,11-13H2,1H3,(H,28,29)/t17-,18-/m0/s1. The molecular weight excluding hydrogens is 370 g/mol. The van der Waals surface area contributed by atoms with Gasteiger partial charge in [0.25, 0.3) is 5.56 Å². The smallest absolute Gasteiger partial charge is 0.308 e. The highest BCUT2D eigenvalue weighted by Crippen LogP contribution is 2.33. The Balaban J connectivity index is 1.61. The molecule has 1 saturated heterocycles. The third-order valence-corrected chi connectivity index (χ3v) is 5.57. The third-order valence-electron chi connectivity index (χ3n) is 5.57. The molecule has 0 bridgehead atoms. The SMILES string of the molecule is Cn1nc(CC(=O)N2C[C@H](C(=O)O)[C@H](c3ccccc3)C2)c2ccccc2c1=O. The molecule has 1 aromatic heterocycles. The summed E-state index contributed by atoms with van der Waals surface area (Å²) in [7, 11) is 1.56. The van der Waals surface area contributed by atoms with Crippen molar-refractivity contribution in [3.8, 4) is 0 Å². The molecule has 7 heteroatoms. The van der Waals surface area contributed by atoms with E-state index in [4.69, 9.17) is 0 Å². The van der Waals surface area contributed by atoms with Gasteiger partial charge in [-0.2, -0.15) is 5.10 Å². The predicted octanol–water partition coefficient (Wildman–Crippen LogP) is 1.80. The number of aromatic nitrogens is 2. The monoisotopic (exact) mass is 391 g/mol. The van der Waals surface area contributed by atoms with E-state index in [1.807, 2.05) is 30.3 Å². The molecule has 148 valence electrons. The molecule has 1 N–H and O–H groups in total. The van der Waals surface area contributed by atoms with Crippen LogP contribution in [0.4, 0.5) is 0 Å². The zero-order valence-corrected chi connectivity index (χ0v) is 16.0. The van der Waals surface area contributed by atoms with Crippen LogP contribution in [0.3, 0.4) is 0 Å². The van der Waals surface area contributed by atoms with Crippen LogP contribution in [0.1, 0.15) is 17.2 Å². The summed E-state index contributed by atoms with van der Waals surface area (Å²) in [5, 5.41) is 15.1. The van der Waals surface area contributed by atoms with Crippen molar-refractivity contribution < 1.29 is 14.7 Å². The van der Waals surface area contributed by atoms with E-state index < -0.39 is 11.9 Å².